The lowest BCUT2D eigenvalue weighted by Gasteiger charge is -2.35. The van der Waals surface area contributed by atoms with Crippen molar-refractivity contribution in [2.75, 3.05) is 0 Å². The second-order valence-electron chi connectivity index (χ2n) is 7.17. The summed E-state index contributed by atoms with van der Waals surface area (Å²) >= 11 is 0. The molecule has 0 spiro atoms. The molecule has 1 N–H and O–H groups in total. The fourth-order valence-corrected chi connectivity index (χ4v) is 2.75. The van der Waals surface area contributed by atoms with Crippen LogP contribution in [0.4, 0.5) is 9.18 Å². The van der Waals surface area contributed by atoms with Crippen LogP contribution in [0.2, 0.25) is 0 Å². The van der Waals surface area contributed by atoms with Gasteiger partial charge in [-0.3, -0.25) is 4.90 Å². The maximum Gasteiger partial charge on any atom is 0.413 e. The molecule has 0 bridgehead atoms. The quantitative estimate of drug-likeness (QED) is 0.894. The molecule has 24 heavy (non-hydrogen) atoms. The van der Waals surface area contributed by atoms with Gasteiger partial charge < -0.3 is 14.6 Å². The van der Waals surface area contributed by atoms with Crippen LogP contribution in [0, 0.1) is 5.82 Å². The minimum absolute atomic E-state index is 0.332. The van der Waals surface area contributed by atoms with E-state index in [9.17, 15) is 19.1 Å². The molecule has 2 rings (SSSR count). The van der Waals surface area contributed by atoms with Gasteiger partial charge in [-0.1, -0.05) is 12.1 Å². The lowest BCUT2D eigenvalue weighted by Crippen LogP contribution is -2.47. The van der Waals surface area contributed by atoms with Gasteiger partial charge in [0.15, 0.2) is 6.10 Å². The lowest BCUT2D eigenvalue weighted by molar-refractivity contribution is -0.155. The molecular formula is C17H22FNO5. The summed E-state index contributed by atoms with van der Waals surface area (Å²) in [5.74, 6) is -1.76. The summed E-state index contributed by atoms with van der Waals surface area (Å²) in [7, 11) is 0. The van der Waals surface area contributed by atoms with E-state index >= 15 is 0 Å². The highest BCUT2D eigenvalue weighted by Gasteiger charge is 2.54. The lowest BCUT2D eigenvalue weighted by atomic mass is 10.00. The van der Waals surface area contributed by atoms with E-state index in [-0.39, 0.29) is 0 Å². The Labute approximate surface area is 140 Å². The van der Waals surface area contributed by atoms with Crippen LogP contribution in [-0.4, -0.2) is 39.5 Å². The number of carbonyl (C=O) groups is 2. The number of benzene rings is 1. The SMILES string of the molecule is CC(C)(C)OC(=O)N1[C@@H](c2cccc(F)c2)[C@H](C(=O)O)OC1(C)C. The van der Waals surface area contributed by atoms with Crippen LogP contribution in [0.15, 0.2) is 24.3 Å². The summed E-state index contributed by atoms with van der Waals surface area (Å²) in [6.07, 6.45) is -2.04. The van der Waals surface area contributed by atoms with Crippen molar-refractivity contribution < 1.29 is 28.6 Å². The number of carboxylic acids is 1. The van der Waals surface area contributed by atoms with E-state index in [2.05, 4.69) is 0 Å². The molecule has 1 aliphatic rings. The predicted octanol–water partition coefficient (Wildman–Crippen LogP) is 3.32. The third-order valence-electron chi connectivity index (χ3n) is 3.58. The Morgan fingerprint density at radius 2 is 1.96 bits per heavy atom. The number of halogens is 1. The molecule has 0 aliphatic carbocycles. The molecule has 0 radical (unpaired) electrons. The Kier molecular flexibility index (Phi) is 4.59. The predicted molar refractivity (Wildman–Crippen MR) is 83.8 cm³/mol. The average molecular weight is 339 g/mol. The molecule has 1 amide bonds. The van der Waals surface area contributed by atoms with E-state index in [4.69, 9.17) is 9.47 Å². The number of amides is 1. The van der Waals surface area contributed by atoms with Gasteiger partial charge in [0, 0.05) is 0 Å². The molecule has 1 aromatic rings. The van der Waals surface area contributed by atoms with Gasteiger partial charge in [-0.25, -0.2) is 14.0 Å². The van der Waals surface area contributed by atoms with Gasteiger partial charge in [0.1, 0.15) is 23.2 Å². The van der Waals surface area contributed by atoms with E-state index in [1.807, 2.05) is 0 Å². The van der Waals surface area contributed by atoms with E-state index in [0.717, 1.165) is 0 Å². The Morgan fingerprint density at radius 3 is 2.46 bits per heavy atom. The smallest absolute Gasteiger partial charge is 0.413 e. The number of nitrogens with zero attached hydrogens (tertiary/aromatic N) is 1. The van der Waals surface area contributed by atoms with E-state index in [1.165, 1.54) is 23.1 Å². The number of rotatable bonds is 2. The molecule has 1 aliphatic heterocycles. The maximum absolute atomic E-state index is 13.6. The van der Waals surface area contributed by atoms with Crippen LogP contribution in [0.25, 0.3) is 0 Å². The zero-order chi connectivity index (χ0) is 18.3. The summed E-state index contributed by atoms with van der Waals surface area (Å²) in [5.41, 5.74) is -1.65. The molecule has 1 heterocycles. The molecule has 132 valence electrons. The summed E-state index contributed by atoms with van der Waals surface area (Å²) in [4.78, 5) is 25.5. The van der Waals surface area contributed by atoms with Gasteiger partial charge in [-0.05, 0) is 52.3 Å². The first-order chi connectivity index (χ1) is 10.9. The first-order valence-electron chi connectivity index (χ1n) is 7.61. The zero-order valence-corrected chi connectivity index (χ0v) is 14.4. The molecule has 1 saturated heterocycles. The molecule has 1 fully saturated rings. The van der Waals surface area contributed by atoms with Crippen molar-refractivity contribution in [3.05, 3.63) is 35.6 Å². The van der Waals surface area contributed by atoms with Gasteiger partial charge in [-0.15, -0.1) is 0 Å². The Hall–Kier alpha value is -2.15. The van der Waals surface area contributed by atoms with Gasteiger partial charge in [0.25, 0.3) is 0 Å². The molecule has 0 aromatic heterocycles. The standard InChI is InChI=1S/C17H22FNO5/c1-16(2,3)24-15(22)19-12(10-7-6-8-11(18)9-10)13(14(20)21)23-17(19,4)5/h6-9,12-13H,1-5H3,(H,20,21)/t12-,13+/m0/s1. The summed E-state index contributed by atoms with van der Waals surface area (Å²) < 4.78 is 24.6. The topological polar surface area (TPSA) is 76.1 Å². The molecule has 2 atom stereocenters. The van der Waals surface area contributed by atoms with Crippen LogP contribution in [0.1, 0.15) is 46.2 Å². The van der Waals surface area contributed by atoms with Crippen LogP contribution in [0.5, 0.6) is 0 Å². The van der Waals surface area contributed by atoms with Gasteiger partial charge >= 0.3 is 12.1 Å². The largest absolute Gasteiger partial charge is 0.479 e. The summed E-state index contributed by atoms with van der Waals surface area (Å²) in [6.45, 7) is 8.28. The number of hydrogen-bond acceptors (Lipinski definition) is 4. The molecule has 0 unspecified atom stereocenters. The monoisotopic (exact) mass is 339 g/mol. The van der Waals surface area contributed by atoms with E-state index in [1.54, 1.807) is 40.7 Å². The van der Waals surface area contributed by atoms with E-state index in [0.29, 0.717) is 5.56 Å². The van der Waals surface area contributed by atoms with Gasteiger partial charge in [0.2, 0.25) is 0 Å². The zero-order valence-electron chi connectivity index (χ0n) is 14.4. The van der Waals surface area contributed by atoms with Crippen molar-refractivity contribution in [1.29, 1.82) is 0 Å². The van der Waals surface area contributed by atoms with Crippen LogP contribution >= 0.6 is 0 Å². The van der Waals surface area contributed by atoms with Crippen molar-refractivity contribution in [2.24, 2.45) is 0 Å². The fraction of sp³-hybridized carbons (Fsp3) is 0.529. The second kappa shape index (κ2) is 6.05. The molecule has 6 nitrogen and oxygen atoms in total. The summed E-state index contributed by atoms with van der Waals surface area (Å²) in [6, 6.07) is 4.47. The summed E-state index contributed by atoms with van der Waals surface area (Å²) in [5, 5.41) is 9.48. The number of ether oxygens (including phenoxy) is 2. The van der Waals surface area contributed by atoms with Crippen LogP contribution in [0.3, 0.4) is 0 Å². The van der Waals surface area contributed by atoms with E-state index < -0.39 is 41.4 Å². The van der Waals surface area contributed by atoms with Crippen molar-refractivity contribution in [3.63, 3.8) is 0 Å². The first-order valence-corrected chi connectivity index (χ1v) is 7.61. The average Bonchev–Trinajstić information content (AvgIpc) is 2.68. The van der Waals surface area contributed by atoms with Crippen LogP contribution in [-0.2, 0) is 14.3 Å². The van der Waals surface area contributed by atoms with Gasteiger partial charge in [0.05, 0.1) is 0 Å². The van der Waals surface area contributed by atoms with Crippen molar-refractivity contribution in [2.45, 2.75) is 58.1 Å². The van der Waals surface area contributed by atoms with Crippen molar-refractivity contribution >= 4 is 12.1 Å². The molecule has 0 saturated carbocycles. The Morgan fingerprint density at radius 1 is 1.33 bits per heavy atom. The Bertz CT molecular complexity index is 653. The first kappa shape index (κ1) is 18.2. The molecule has 7 heteroatoms. The third-order valence-corrected chi connectivity index (χ3v) is 3.58. The Balaban J connectivity index is 2.50. The number of carboxylic acid groups (broad SMARTS) is 1. The van der Waals surface area contributed by atoms with Crippen molar-refractivity contribution in [1.82, 2.24) is 4.90 Å². The number of carbonyl (C=O) groups excluding carboxylic acids is 1. The second-order valence-corrected chi connectivity index (χ2v) is 7.17. The third kappa shape index (κ3) is 3.67. The molecular weight excluding hydrogens is 317 g/mol. The fourth-order valence-electron chi connectivity index (χ4n) is 2.75. The minimum Gasteiger partial charge on any atom is -0.479 e. The highest BCUT2D eigenvalue weighted by atomic mass is 19.1. The molecule has 1 aromatic carbocycles. The van der Waals surface area contributed by atoms with Crippen molar-refractivity contribution in [3.8, 4) is 0 Å². The highest BCUT2D eigenvalue weighted by Crippen LogP contribution is 2.42. The highest BCUT2D eigenvalue weighted by molar-refractivity contribution is 5.78. The maximum atomic E-state index is 13.6. The minimum atomic E-state index is -1.32. The van der Waals surface area contributed by atoms with Crippen LogP contribution < -0.4 is 0 Å². The normalized spacial score (nSPS) is 23.2. The number of aliphatic carboxylic acids is 1. The van der Waals surface area contributed by atoms with Gasteiger partial charge in [-0.2, -0.15) is 0 Å². The number of hydrogen-bond donors (Lipinski definition) is 1.